The summed E-state index contributed by atoms with van der Waals surface area (Å²) in [7, 11) is 0. The van der Waals surface area contributed by atoms with E-state index in [2.05, 4.69) is 0 Å². The average Bonchev–Trinajstić information content (AvgIpc) is 2.04. The van der Waals surface area contributed by atoms with Crippen molar-refractivity contribution in [1.29, 1.82) is 0 Å². The van der Waals surface area contributed by atoms with Crippen LogP contribution in [0.5, 0.6) is 0 Å². The van der Waals surface area contributed by atoms with E-state index in [0.29, 0.717) is 12.4 Å². The largest absolute Gasteiger partial charge is 0.303 e. The van der Waals surface area contributed by atoms with Crippen molar-refractivity contribution in [2.24, 2.45) is 0 Å². The fourth-order valence-electron chi connectivity index (χ4n) is 1.43. The molecule has 0 aliphatic carbocycles. The van der Waals surface area contributed by atoms with E-state index in [1.165, 1.54) is 0 Å². The summed E-state index contributed by atoms with van der Waals surface area (Å²) in [4.78, 5) is 1.62. The first-order chi connectivity index (χ1) is 6.05. The molecule has 0 N–H and O–H groups in total. The van der Waals surface area contributed by atoms with Gasteiger partial charge in [-0.05, 0) is 32.8 Å². The molecule has 0 aromatic carbocycles. The van der Waals surface area contributed by atoms with Crippen molar-refractivity contribution in [1.82, 2.24) is 4.90 Å². The predicted molar refractivity (Wildman–Crippen MR) is 45.6 cm³/mol. The summed E-state index contributed by atoms with van der Waals surface area (Å²) in [6.45, 7) is -1.24. The van der Waals surface area contributed by atoms with Crippen LogP contribution in [0.1, 0.15) is 29.8 Å². The third-order valence-electron chi connectivity index (χ3n) is 2.07. The van der Waals surface area contributed by atoms with Crippen molar-refractivity contribution in [3.8, 4) is 0 Å². The summed E-state index contributed by atoms with van der Waals surface area (Å²) in [6.07, 6.45) is 3.90. The van der Waals surface area contributed by atoms with Gasteiger partial charge in [-0.15, -0.1) is 11.6 Å². The molecule has 60 valence electrons. The van der Waals surface area contributed by atoms with Gasteiger partial charge in [0.1, 0.15) is 0 Å². The van der Waals surface area contributed by atoms with E-state index in [-0.39, 0.29) is 6.04 Å². The lowest BCUT2D eigenvalue weighted by Crippen LogP contribution is -2.36. The molecule has 1 aliphatic rings. The number of rotatable bonds is 2. The summed E-state index contributed by atoms with van der Waals surface area (Å²) < 4.78 is 22.1. The van der Waals surface area contributed by atoms with Crippen LogP contribution < -0.4 is 0 Å². The zero-order valence-corrected chi connectivity index (χ0v) is 6.90. The molecule has 0 aromatic rings. The highest BCUT2D eigenvalue weighted by Crippen LogP contribution is 2.17. The molecule has 1 rings (SSSR count). The molecule has 0 saturated carbocycles. The SMILES string of the molecule is [2H]C([2H])([2H])N1CCCCC1CCCl. The molecule has 0 amide bonds. The highest BCUT2D eigenvalue weighted by atomic mass is 35.5. The molecule has 1 nitrogen and oxygen atoms in total. The summed E-state index contributed by atoms with van der Waals surface area (Å²) in [5, 5.41) is 0. The Morgan fingerprint density at radius 2 is 2.60 bits per heavy atom. The smallest absolute Gasteiger partial charge is 0.0394 e. The first-order valence-corrected chi connectivity index (χ1v) is 4.42. The molecule has 1 aliphatic heterocycles. The first-order valence-electron chi connectivity index (χ1n) is 5.38. The Morgan fingerprint density at radius 3 is 3.30 bits per heavy atom. The monoisotopic (exact) mass is 164 g/mol. The van der Waals surface area contributed by atoms with Crippen LogP contribution in [-0.2, 0) is 0 Å². The standard InChI is InChI=1S/C8H16ClN/c1-10-7-3-2-4-8(10)5-6-9/h8H,2-7H2,1H3/i1D3. The molecule has 1 unspecified atom stereocenters. The van der Waals surface area contributed by atoms with Crippen molar-refractivity contribution in [2.75, 3.05) is 19.4 Å². The molecule has 1 atom stereocenters. The van der Waals surface area contributed by atoms with Gasteiger partial charge in [-0.2, -0.15) is 0 Å². The Balaban J connectivity index is 2.56. The Morgan fingerprint density at radius 1 is 1.70 bits per heavy atom. The minimum Gasteiger partial charge on any atom is -0.303 e. The molecule has 0 bridgehead atoms. The second-order valence-corrected chi connectivity index (χ2v) is 3.20. The van der Waals surface area contributed by atoms with Crippen LogP contribution in [0.2, 0.25) is 0 Å². The molecule has 0 radical (unpaired) electrons. The van der Waals surface area contributed by atoms with Crippen LogP contribution in [0.25, 0.3) is 0 Å². The minimum atomic E-state index is -1.93. The predicted octanol–water partition coefficient (Wildman–Crippen LogP) is 2.10. The molecular weight excluding hydrogens is 146 g/mol. The molecule has 10 heavy (non-hydrogen) atoms. The first kappa shape index (κ1) is 5.00. The molecule has 1 fully saturated rings. The zero-order valence-electron chi connectivity index (χ0n) is 9.15. The Hall–Kier alpha value is 0.250. The summed E-state index contributed by atoms with van der Waals surface area (Å²) >= 11 is 5.64. The molecular formula is C8H16ClN. The third kappa shape index (κ3) is 2.14. The molecule has 0 aromatic heterocycles. The lowest BCUT2D eigenvalue weighted by Gasteiger charge is -2.31. The maximum Gasteiger partial charge on any atom is 0.0394 e. The van der Waals surface area contributed by atoms with Crippen LogP contribution >= 0.6 is 11.6 Å². The fraction of sp³-hybridized carbons (Fsp3) is 1.00. The second-order valence-electron chi connectivity index (χ2n) is 2.82. The van der Waals surface area contributed by atoms with Crippen LogP contribution in [0, 0.1) is 0 Å². The normalized spacial score (nSPS) is 34.5. The zero-order chi connectivity index (χ0) is 9.90. The quantitative estimate of drug-likeness (QED) is 0.566. The molecule has 1 heterocycles. The number of alkyl halides is 1. The van der Waals surface area contributed by atoms with E-state index in [1.807, 2.05) is 0 Å². The summed E-state index contributed by atoms with van der Waals surface area (Å²) in [5.41, 5.74) is 0. The van der Waals surface area contributed by atoms with Crippen LogP contribution in [-0.4, -0.2) is 30.3 Å². The van der Waals surface area contributed by atoms with Crippen molar-refractivity contribution >= 4 is 11.6 Å². The maximum atomic E-state index is 7.35. The van der Waals surface area contributed by atoms with E-state index < -0.39 is 6.98 Å². The Kier molecular flexibility index (Phi) is 2.10. The number of nitrogens with zero attached hydrogens (tertiary/aromatic N) is 1. The number of halogens is 1. The van der Waals surface area contributed by atoms with E-state index in [1.54, 1.807) is 4.90 Å². The van der Waals surface area contributed by atoms with Gasteiger partial charge in [0.25, 0.3) is 0 Å². The van der Waals surface area contributed by atoms with Crippen LogP contribution in [0.3, 0.4) is 0 Å². The molecule has 2 heteroatoms. The number of likely N-dealkylation sites (tertiary alicyclic amines) is 1. The van der Waals surface area contributed by atoms with E-state index in [4.69, 9.17) is 15.7 Å². The number of hydrogen-bond donors (Lipinski definition) is 0. The van der Waals surface area contributed by atoms with E-state index >= 15 is 0 Å². The van der Waals surface area contributed by atoms with E-state index in [9.17, 15) is 0 Å². The maximum absolute atomic E-state index is 7.35. The van der Waals surface area contributed by atoms with Gasteiger partial charge in [0.05, 0.1) is 0 Å². The highest BCUT2D eigenvalue weighted by molar-refractivity contribution is 6.17. The van der Waals surface area contributed by atoms with Crippen LogP contribution in [0.15, 0.2) is 0 Å². The van der Waals surface area contributed by atoms with Gasteiger partial charge in [0.2, 0.25) is 0 Å². The van der Waals surface area contributed by atoms with Crippen LogP contribution in [0.4, 0.5) is 0 Å². The van der Waals surface area contributed by atoms with Crippen molar-refractivity contribution in [3.63, 3.8) is 0 Å². The lowest BCUT2D eigenvalue weighted by atomic mass is 10.0. The topological polar surface area (TPSA) is 3.24 Å². The van der Waals surface area contributed by atoms with Gasteiger partial charge < -0.3 is 4.90 Å². The lowest BCUT2D eigenvalue weighted by molar-refractivity contribution is 0.182. The van der Waals surface area contributed by atoms with Gasteiger partial charge in [0, 0.05) is 16.0 Å². The average molecular weight is 165 g/mol. The summed E-state index contributed by atoms with van der Waals surface area (Å²) in [5.74, 6) is 0.553. The number of hydrogen-bond acceptors (Lipinski definition) is 1. The Bertz CT molecular complexity index is 158. The minimum absolute atomic E-state index is 0.166. The third-order valence-corrected chi connectivity index (χ3v) is 2.29. The van der Waals surface area contributed by atoms with Gasteiger partial charge in [-0.25, -0.2) is 0 Å². The Labute approximate surface area is 72.6 Å². The number of piperidine rings is 1. The van der Waals surface area contributed by atoms with Crippen molar-refractivity contribution < 1.29 is 4.11 Å². The van der Waals surface area contributed by atoms with Gasteiger partial charge in [-0.3, -0.25) is 0 Å². The van der Waals surface area contributed by atoms with Crippen molar-refractivity contribution in [2.45, 2.75) is 31.7 Å². The summed E-state index contributed by atoms with van der Waals surface area (Å²) in [6, 6.07) is 0.166. The van der Waals surface area contributed by atoms with Gasteiger partial charge in [0.15, 0.2) is 0 Å². The second kappa shape index (κ2) is 4.20. The molecule has 1 saturated heterocycles. The fourth-order valence-corrected chi connectivity index (χ4v) is 1.68. The highest BCUT2D eigenvalue weighted by Gasteiger charge is 2.17. The molecule has 0 spiro atoms. The van der Waals surface area contributed by atoms with E-state index in [0.717, 1.165) is 25.7 Å². The van der Waals surface area contributed by atoms with Crippen molar-refractivity contribution in [3.05, 3.63) is 0 Å². The van der Waals surface area contributed by atoms with Gasteiger partial charge in [-0.1, -0.05) is 6.42 Å². The van der Waals surface area contributed by atoms with Gasteiger partial charge >= 0.3 is 0 Å².